The van der Waals surface area contributed by atoms with Gasteiger partial charge in [0.25, 0.3) is 11.8 Å². The Morgan fingerprint density at radius 2 is 2.20 bits per heavy atom. The van der Waals surface area contributed by atoms with Crippen molar-refractivity contribution >= 4 is 11.8 Å². The molecule has 4 heteroatoms. The van der Waals surface area contributed by atoms with Crippen LogP contribution in [0.1, 0.15) is 12.8 Å². The van der Waals surface area contributed by atoms with Gasteiger partial charge in [0.2, 0.25) is 0 Å². The third-order valence-corrected chi connectivity index (χ3v) is 2.49. The third kappa shape index (κ3) is 1.48. The summed E-state index contributed by atoms with van der Waals surface area (Å²) in [5, 5.41) is 9.00. The van der Waals surface area contributed by atoms with Gasteiger partial charge in [0, 0.05) is 11.1 Å². The van der Waals surface area contributed by atoms with E-state index in [2.05, 4.69) is 6.58 Å². The highest BCUT2D eigenvalue weighted by molar-refractivity contribution is 6.21. The second kappa shape index (κ2) is 3.38. The van der Waals surface area contributed by atoms with E-state index in [1.54, 1.807) is 6.08 Å². The molecule has 0 bridgehead atoms. The Morgan fingerprint density at radius 3 is 2.80 bits per heavy atom. The average Bonchev–Trinajstić information content (AvgIpc) is 2.44. The van der Waals surface area contributed by atoms with Crippen LogP contribution in [0.3, 0.4) is 0 Å². The molecule has 0 aromatic heterocycles. The molecular formula is C11H11NO3. The van der Waals surface area contributed by atoms with E-state index in [1.165, 1.54) is 0 Å². The first kappa shape index (κ1) is 9.71. The van der Waals surface area contributed by atoms with Crippen LogP contribution in [-0.4, -0.2) is 28.4 Å². The minimum atomic E-state index is -0.332. The van der Waals surface area contributed by atoms with Gasteiger partial charge in [-0.05, 0) is 12.8 Å². The summed E-state index contributed by atoms with van der Waals surface area (Å²) < 4.78 is 0. The second-order valence-electron chi connectivity index (χ2n) is 3.60. The zero-order valence-corrected chi connectivity index (χ0v) is 8.19. The van der Waals surface area contributed by atoms with E-state index in [0.717, 1.165) is 11.3 Å². The minimum Gasteiger partial charge on any atom is -0.511 e. The quantitative estimate of drug-likeness (QED) is 0.542. The summed E-state index contributed by atoms with van der Waals surface area (Å²) in [5.74, 6) is -0.809. The first-order chi connectivity index (χ1) is 7.11. The van der Waals surface area contributed by atoms with E-state index in [-0.39, 0.29) is 24.1 Å². The zero-order chi connectivity index (χ0) is 11.0. The third-order valence-electron chi connectivity index (χ3n) is 2.49. The van der Waals surface area contributed by atoms with Crippen LogP contribution >= 0.6 is 0 Å². The first-order valence-corrected chi connectivity index (χ1v) is 4.74. The van der Waals surface area contributed by atoms with Crippen LogP contribution in [0.4, 0.5) is 0 Å². The Morgan fingerprint density at radius 1 is 1.47 bits per heavy atom. The number of aliphatic hydroxyl groups excluding tert-OH is 1. The molecule has 0 saturated carbocycles. The molecule has 78 valence electrons. The number of carbonyl (C=O) groups is 2. The van der Waals surface area contributed by atoms with Crippen molar-refractivity contribution in [2.75, 3.05) is 6.54 Å². The summed E-state index contributed by atoms with van der Waals surface area (Å²) >= 11 is 0. The highest BCUT2D eigenvalue weighted by Gasteiger charge is 2.37. The molecule has 0 spiro atoms. The molecule has 4 nitrogen and oxygen atoms in total. The molecule has 2 rings (SSSR count). The number of aliphatic hydroxyl groups is 1. The lowest BCUT2D eigenvalue weighted by Gasteiger charge is -2.13. The molecular weight excluding hydrogens is 194 g/mol. The van der Waals surface area contributed by atoms with Gasteiger partial charge in [0.05, 0.1) is 6.54 Å². The van der Waals surface area contributed by atoms with Crippen LogP contribution in [0.5, 0.6) is 0 Å². The highest BCUT2D eigenvalue weighted by atomic mass is 16.3. The van der Waals surface area contributed by atoms with Gasteiger partial charge in [-0.2, -0.15) is 0 Å². The fraction of sp³-hybridized carbons (Fsp3) is 0.273. The maximum Gasteiger partial charge on any atom is 0.261 e. The van der Waals surface area contributed by atoms with Crippen LogP contribution in [0.25, 0.3) is 0 Å². The second-order valence-corrected chi connectivity index (χ2v) is 3.60. The summed E-state index contributed by atoms with van der Waals surface area (Å²) in [5.41, 5.74) is 1.02. The van der Waals surface area contributed by atoms with Crippen molar-refractivity contribution in [3.8, 4) is 0 Å². The number of carbonyl (C=O) groups excluding carboxylic acids is 2. The lowest BCUT2D eigenvalue weighted by Crippen LogP contribution is -2.33. The van der Waals surface area contributed by atoms with Gasteiger partial charge in [0.1, 0.15) is 5.76 Å². The Hall–Kier alpha value is -1.84. The van der Waals surface area contributed by atoms with E-state index in [4.69, 9.17) is 5.11 Å². The molecule has 0 radical (unpaired) electrons. The standard InChI is InChI=1S/C11H11NO3/c1-7(13)6-12-10(14)8-4-2-3-5-9(8)11(12)15/h2,4,13H,1,3,5-6H2. The number of nitrogens with zero attached hydrogens (tertiary/aromatic N) is 1. The van der Waals surface area contributed by atoms with E-state index >= 15 is 0 Å². The molecule has 0 aromatic carbocycles. The number of amides is 2. The van der Waals surface area contributed by atoms with Crippen molar-refractivity contribution in [2.45, 2.75) is 12.8 Å². The molecule has 0 fully saturated rings. The fourth-order valence-electron chi connectivity index (χ4n) is 1.81. The van der Waals surface area contributed by atoms with Gasteiger partial charge >= 0.3 is 0 Å². The number of hydrogen-bond donors (Lipinski definition) is 1. The lowest BCUT2D eigenvalue weighted by molar-refractivity contribution is -0.137. The summed E-state index contributed by atoms with van der Waals surface area (Å²) in [6, 6.07) is 0. The molecule has 0 atom stereocenters. The molecule has 1 heterocycles. The number of hydrogen-bond acceptors (Lipinski definition) is 3. The normalized spacial score (nSPS) is 19.9. The largest absolute Gasteiger partial charge is 0.511 e. The van der Waals surface area contributed by atoms with Crippen molar-refractivity contribution in [1.82, 2.24) is 4.90 Å². The molecule has 1 N–H and O–H groups in total. The van der Waals surface area contributed by atoms with Crippen LogP contribution in [0, 0.1) is 0 Å². The average molecular weight is 205 g/mol. The zero-order valence-electron chi connectivity index (χ0n) is 8.19. The fourth-order valence-corrected chi connectivity index (χ4v) is 1.81. The van der Waals surface area contributed by atoms with Crippen molar-refractivity contribution in [3.63, 3.8) is 0 Å². The minimum absolute atomic E-state index is 0.113. The van der Waals surface area contributed by atoms with Gasteiger partial charge in [-0.25, -0.2) is 0 Å². The van der Waals surface area contributed by atoms with Gasteiger partial charge in [-0.15, -0.1) is 0 Å². The van der Waals surface area contributed by atoms with E-state index in [1.807, 2.05) is 6.08 Å². The molecule has 0 saturated heterocycles. The monoisotopic (exact) mass is 205 g/mol. The molecule has 2 aliphatic rings. The molecule has 0 unspecified atom stereocenters. The van der Waals surface area contributed by atoms with Crippen molar-refractivity contribution in [2.24, 2.45) is 0 Å². The Labute approximate surface area is 87.2 Å². The van der Waals surface area contributed by atoms with E-state index in [0.29, 0.717) is 17.6 Å². The van der Waals surface area contributed by atoms with Crippen molar-refractivity contribution in [1.29, 1.82) is 0 Å². The molecule has 1 aliphatic carbocycles. The first-order valence-electron chi connectivity index (χ1n) is 4.74. The SMILES string of the molecule is C=C(O)CN1C(=O)C2=C(CCC=C2)C1=O. The maximum atomic E-state index is 11.7. The molecule has 0 aromatic rings. The Bertz CT molecular complexity index is 418. The number of imide groups is 1. The van der Waals surface area contributed by atoms with Gasteiger partial charge < -0.3 is 5.11 Å². The van der Waals surface area contributed by atoms with Gasteiger partial charge in [0.15, 0.2) is 0 Å². The predicted octanol–water partition coefficient (Wildman–Crippen LogP) is 1.07. The number of allylic oxidation sites excluding steroid dienone is 1. The molecule has 15 heavy (non-hydrogen) atoms. The van der Waals surface area contributed by atoms with Crippen LogP contribution in [0.2, 0.25) is 0 Å². The Balaban J connectivity index is 2.30. The summed E-state index contributed by atoms with van der Waals surface area (Å²) in [7, 11) is 0. The highest BCUT2D eigenvalue weighted by Crippen LogP contribution is 2.28. The Kier molecular flexibility index (Phi) is 2.19. The van der Waals surface area contributed by atoms with Crippen molar-refractivity contribution in [3.05, 3.63) is 35.6 Å². The predicted molar refractivity (Wildman–Crippen MR) is 53.9 cm³/mol. The summed E-state index contributed by atoms with van der Waals surface area (Å²) in [4.78, 5) is 24.5. The molecule has 1 aliphatic heterocycles. The summed E-state index contributed by atoms with van der Waals surface area (Å²) in [6.07, 6.45) is 4.94. The maximum absolute atomic E-state index is 11.7. The van der Waals surface area contributed by atoms with Crippen LogP contribution in [0.15, 0.2) is 35.6 Å². The van der Waals surface area contributed by atoms with E-state index < -0.39 is 0 Å². The van der Waals surface area contributed by atoms with Crippen molar-refractivity contribution < 1.29 is 14.7 Å². The van der Waals surface area contributed by atoms with E-state index in [9.17, 15) is 9.59 Å². The molecule has 2 amide bonds. The van der Waals surface area contributed by atoms with Crippen LogP contribution in [-0.2, 0) is 9.59 Å². The van der Waals surface area contributed by atoms with Gasteiger partial charge in [-0.3, -0.25) is 14.5 Å². The van der Waals surface area contributed by atoms with Crippen LogP contribution < -0.4 is 0 Å². The summed E-state index contributed by atoms with van der Waals surface area (Å²) in [6.45, 7) is 3.17. The topological polar surface area (TPSA) is 57.6 Å². The number of rotatable bonds is 2. The smallest absolute Gasteiger partial charge is 0.261 e. The van der Waals surface area contributed by atoms with Gasteiger partial charge in [-0.1, -0.05) is 18.7 Å². The lowest BCUT2D eigenvalue weighted by atomic mass is 10.00.